The number of benzene rings is 2. The van der Waals surface area contributed by atoms with Crippen LogP contribution in [0.3, 0.4) is 0 Å². The summed E-state index contributed by atoms with van der Waals surface area (Å²) in [5.74, 6) is 2.54. The highest BCUT2D eigenvalue weighted by atomic mass is 79.9. The maximum atomic E-state index is 5.43. The second-order valence-corrected chi connectivity index (χ2v) is 6.40. The molecule has 0 saturated carbocycles. The molecule has 6 nitrogen and oxygen atoms in total. The summed E-state index contributed by atoms with van der Waals surface area (Å²) in [7, 11) is 6.31. The lowest BCUT2D eigenvalue weighted by molar-refractivity contribution is 0.213. The van der Waals surface area contributed by atoms with E-state index >= 15 is 0 Å². The lowest BCUT2D eigenvalue weighted by Crippen LogP contribution is -2.19. The molecule has 0 aliphatic carbocycles. The Hall–Kier alpha value is -2.06. The highest BCUT2D eigenvalue weighted by molar-refractivity contribution is 9.10. The maximum Gasteiger partial charge on any atom is 0.186 e. The van der Waals surface area contributed by atoms with Crippen LogP contribution in [0.1, 0.15) is 19.4 Å². The van der Waals surface area contributed by atoms with E-state index in [1.807, 2.05) is 50.2 Å². The molecule has 2 aromatic carbocycles. The first-order chi connectivity index (χ1) is 13.1. The van der Waals surface area contributed by atoms with Gasteiger partial charge in [-0.1, -0.05) is 41.0 Å². The minimum absolute atomic E-state index is 0.504. The molecule has 148 valence electrons. The van der Waals surface area contributed by atoms with Crippen molar-refractivity contribution in [2.24, 2.45) is 5.16 Å². The molecule has 2 rings (SSSR count). The van der Waals surface area contributed by atoms with E-state index in [4.69, 9.17) is 19.0 Å². The number of rotatable bonds is 7. The molecule has 0 radical (unpaired) electrons. The zero-order valence-corrected chi connectivity index (χ0v) is 18.7. The van der Waals surface area contributed by atoms with Gasteiger partial charge >= 0.3 is 0 Å². The van der Waals surface area contributed by atoms with Crippen molar-refractivity contribution in [1.29, 1.82) is 0 Å². The Labute approximate surface area is 173 Å². The van der Waals surface area contributed by atoms with Gasteiger partial charge < -0.3 is 23.8 Å². The Morgan fingerprint density at radius 2 is 1.52 bits per heavy atom. The molecule has 2 aromatic rings. The molecule has 0 fully saturated rings. The average molecular weight is 457 g/mol. The second kappa shape index (κ2) is 12.3. The summed E-state index contributed by atoms with van der Waals surface area (Å²) in [4.78, 5) is 5.77. The van der Waals surface area contributed by atoms with Crippen LogP contribution in [-0.2, 0) is 4.84 Å². The molecular formula is C19H25BrN2O4S. The minimum Gasteiger partial charge on any atom is -0.496 e. The summed E-state index contributed by atoms with van der Waals surface area (Å²) in [6, 6.07) is 11.2. The Kier molecular flexibility index (Phi) is 10.5. The fourth-order valence-electron chi connectivity index (χ4n) is 2.09. The van der Waals surface area contributed by atoms with E-state index in [1.54, 1.807) is 21.3 Å². The number of halogens is 1. The average Bonchev–Trinajstić information content (AvgIpc) is 2.72. The van der Waals surface area contributed by atoms with Gasteiger partial charge in [-0.15, -0.1) is 0 Å². The van der Waals surface area contributed by atoms with Crippen molar-refractivity contribution in [1.82, 2.24) is 4.72 Å². The van der Waals surface area contributed by atoms with Gasteiger partial charge in [0.2, 0.25) is 0 Å². The van der Waals surface area contributed by atoms with Gasteiger partial charge in [-0.3, -0.25) is 0 Å². The number of nitrogens with one attached hydrogen (secondary N) is 1. The molecule has 0 saturated heterocycles. The summed E-state index contributed by atoms with van der Waals surface area (Å²) in [5.41, 5.74) is 0.758. The summed E-state index contributed by atoms with van der Waals surface area (Å²) < 4.78 is 20.3. The summed E-state index contributed by atoms with van der Waals surface area (Å²) in [5, 5.41) is 4.07. The van der Waals surface area contributed by atoms with Crippen molar-refractivity contribution in [2.75, 3.05) is 28.4 Å². The predicted octanol–water partition coefficient (Wildman–Crippen LogP) is 5.11. The van der Waals surface area contributed by atoms with E-state index in [2.05, 4.69) is 25.8 Å². The van der Waals surface area contributed by atoms with E-state index in [9.17, 15) is 0 Å². The largest absolute Gasteiger partial charge is 0.496 e. The van der Waals surface area contributed by atoms with Crippen LogP contribution in [0.5, 0.6) is 17.2 Å². The molecular weight excluding hydrogens is 432 g/mol. The molecule has 0 aliphatic heterocycles. The summed E-state index contributed by atoms with van der Waals surface area (Å²) in [6.07, 6.45) is 0. The van der Waals surface area contributed by atoms with Crippen molar-refractivity contribution in [3.8, 4) is 17.2 Å². The molecule has 0 atom stereocenters. The van der Waals surface area contributed by atoms with Crippen LogP contribution < -0.4 is 18.9 Å². The van der Waals surface area contributed by atoms with Crippen molar-refractivity contribution in [3.63, 3.8) is 0 Å². The fourth-order valence-corrected chi connectivity index (χ4v) is 3.28. The fraction of sp³-hybridized carbons (Fsp3) is 0.316. The number of hydrogen-bond donors (Lipinski definition) is 1. The minimum atomic E-state index is 0.504. The second-order valence-electron chi connectivity index (χ2n) is 4.66. The van der Waals surface area contributed by atoms with Crippen molar-refractivity contribution in [3.05, 3.63) is 46.4 Å². The molecule has 0 amide bonds. The van der Waals surface area contributed by atoms with Crippen LogP contribution in [0.2, 0.25) is 0 Å². The third-order valence-electron chi connectivity index (χ3n) is 3.23. The van der Waals surface area contributed by atoms with Crippen LogP contribution >= 0.6 is 27.9 Å². The maximum absolute atomic E-state index is 5.43. The molecule has 8 heteroatoms. The summed E-state index contributed by atoms with van der Waals surface area (Å²) in [6.45, 7) is 4.00. The molecule has 0 unspecified atom stereocenters. The van der Waals surface area contributed by atoms with Crippen LogP contribution in [0, 0.1) is 0 Å². The summed E-state index contributed by atoms with van der Waals surface area (Å²) >= 11 is 4.74. The lowest BCUT2D eigenvalue weighted by Gasteiger charge is -2.15. The zero-order chi connectivity index (χ0) is 20.2. The Bertz CT molecular complexity index is 734. The molecule has 27 heavy (non-hydrogen) atoms. The molecule has 1 N–H and O–H groups in total. The molecule has 0 spiro atoms. The van der Waals surface area contributed by atoms with Crippen molar-refractivity contribution < 1.29 is 19.0 Å². The van der Waals surface area contributed by atoms with Crippen molar-refractivity contribution in [2.45, 2.75) is 18.7 Å². The van der Waals surface area contributed by atoms with E-state index in [-0.39, 0.29) is 0 Å². The normalized spacial score (nSPS) is 10.4. The standard InChI is InChI=1S/C17H19BrN2O4S.C2H6/c1-21-13-6-5-7-14(22-2)16(13)25-20-17(19-24-4)12-9-8-11(18)10-15(12)23-3;1-2/h5-10H,1-4H3,(H,19,20);1-2H3. The Balaban J connectivity index is 0.00000176. The SMILES string of the molecule is CC.CO/N=C(/NSc1c(OC)cccc1OC)c1ccc(Br)cc1OC. The van der Waals surface area contributed by atoms with Gasteiger partial charge in [-0.25, -0.2) is 0 Å². The first-order valence-electron chi connectivity index (χ1n) is 8.23. The monoisotopic (exact) mass is 456 g/mol. The van der Waals surface area contributed by atoms with Gasteiger partial charge in [0.15, 0.2) is 5.84 Å². The molecule has 0 aliphatic rings. The highest BCUT2D eigenvalue weighted by Gasteiger charge is 2.16. The topological polar surface area (TPSA) is 61.3 Å². The quantitative estimate of drug-likeness (QED) is 0.270. The smallest absolute Gasteiger partial charge is 0.186 e. The molecule has 0 heterocycles. The van der Waals surface area contributed by atoms with Crippen LogP contribution in [-0.4, -0.2) is 34.3 Å². The van der Waals surface area contributed by atoms with Crippen molar-refractivity contribution >= 4 is 33.7 Å². The highest BCUT2D eigenvalue weighted by Crippen LogP contribution is 2.36. The van der Waals surface area contributed by atoms with Gasteiger partial charge in [0.05, 0.1) is 26.9 Å². The van der Waals surface area contributed by atoms with Crippen LogP contribution in [0.25, 0.3) is 0 Å². The van der Waals surface area contributed by atoms with E-state index < -0.39 is 0 Å². The third kappa shape index (κ3) is 6.25. The van der Waals surface area contributed by atoms with Crippen LogP contribution in [0.4, 0.5) is 0 Å². The van der Waals surface area contributed by atoms with Gasteiger partial charge in [-0.05, 0) is 42.3 Å². The van der Waals surface area contributed by atoms with Gasteiger partial charge in [0.25, 0.3) is 0 Å². The van der Waals surface area contributed by atoms with E-state index in [1.165, 1.54) is 19.1 Å². The Morgan fingerprint density at radius 3 is 2.04 bits per heavy atom. The lowest BCUT2D eigenvalue weighted by atomic mass is 10.2. The van der Waals surface area contributed by atoms with E-state index in [0.29, 0.717) is 23.1 Å². The predicted molar refractivity (Wildman–Crippen MR) is 114 cm³/mol. The van der Waals surface area contributed by atoms with Gasteiger partial charge in [0.1, 0.15) is 29.3 Å². The third-order valence-corrected chi connectivity index (χ3v) is 4.63. The van der Waals surface area contributed by atoms with Gasteiger partial charge in [-0.2, -0.15) is 0 Å². The molecule has 0 bridgehead atoms. The van der Waals surface area contributed by atoms with E-state index in [0.717, 1.165) is 14.9 Å². The zero-order valence-electron chi connectivity index (χ0n) is 16.3. The number of ether oxygens (including phenoxy) is 3. The number of hydrogen-bond acceptors (Lipinski definition) is 6. The van der Waals surface area contributed by atoms with Crippen LogP contribution in [0.15, 0.2) is 50.9 Å². The molecule has 0 aromatic heterocycles. The number of methoxy groups -OCH3 is 3. The number of oxime groups is 1. The Morgan fingerprint density at radius 1 is 0.926 bits per heavy atom. The number of nitrogens with zero attached hydrogens (tertiary/aromatic N) is 1. The first-order valence-corrected chi connectivity index (χ1v) is 9.84. The van der Waals surface area contributed by atoms with Gasteiger partial charge in [0, 0.05) is 4.47 Å². The number of amidine groups is 1. The first kappa shape index (κ1) is 23.0.